The van der Waals surface area contributed by atoms with Crippen molar-refractivity contribution in [1.82, 2.24) is 10.2 Å². The minimum Gasteiger partial charge on any atom is -0.383 e. The Balaban J connectivity index is 2.08. The van der Waals surface area contributed by atoms with E-state index in [1.54, 1.807) is 0 Å². The molecule has 3 heteroatoms. The van der Waals surface area contributed by atoms with Gasteiger partial charge in [0.1, 0.15) is 0 Å². The molecule has 1 saturated heterocycles. The van der Waals surface area contributed by atoms with Gasteiger partial charge in [0.25, 0.3) is 0 Å². The molecule has 1 saturated carbocycles. The lowest BCUT2D eigenvalue weighted by molar-refractivity contribution is -0.0391. The van der Waals surface area contributed by atoms with Gasteiger partial charge in [-0.1, -0.05) is 19.3 Å². The summed E-state index contributed by atoms with van der Waals surface area (Å²) in [6, 6.07) is 0.600. The Morgan fingerprint density at radius 2 is 1.94 bits per heavy atom. The van der Waals surface area contributed by atoms with Crippen LogP contribution in [0, 0.1) is 0 Å². The van der Waals surface area contributed by atoms with Crippen LogP contribution in [0.4, 0.5) is 0 Å². The first-order valence-electron chi connectivity index (χ1n) is 7.50. The second-order valence-electron chi connectivity index (χ2n) is 6.94. The molecule has 106 valence electrons. The SMILES string of the molecule is COCC(C)(C)N1CC2(CCCCC2)NCC1C. The quantitative estimate of drug-likeness (QED) is 0.837. The molecule has 2 fully saturated rings. The molecule has 1 N–H and O–H groups in total. The van der Waals surface area contributed by atoms with E-state index >= 15 is 0 Å². The summed E-state index contributed by atoms with van der Waals surface area (Å²) in [6.45, 7) is 10.1. The standard InChI is InChI=1S/C15H30N2O/c1-13-10-16-15(8-6-5-7-9-15)11-17(13)14(2,3)12-18-4/h13,16H,5-12H2,1-4H3. The largest absolute Gasteiger partial charge is 0.383 e. The van der Waals surface area contributed by atoms with Gasteiger partial charge in [-0.25, -0.2) is 0 Å². The number of hydrogen-bond acceptors (Lipinski definition) is 3. The first kappa shape index (κ1) is 14.3. The van der Waals surface area contributed by atoms with E-state index in [-0.39, 0.29) is 5.54 Å². The van der Waals surface area contributed by atoms with Gasteiger partial charge >= 0.3 is 0 Å². The molecule has 1 aliphatic heterocycles. The van der Waals surface area contributed by atoms with Crippen molar-refractivity contribution < 1.29 is 4.74 Å². The van der Waals surface area contributed by atoms with E-state index in [9.17, 15) is 0 Å². The first-order chi connectivity index (χ1) is 8.49. The maximum absolute atomic E-state index is 5.42. The number of hydrogen-bond donors (Lipinski definition) is 1. The predicted molar refractivity (Wildman–Crippen MR) is 75.9 cm³/mol. The first-order valence-corrected chi connectivity index (χ1v) is 7.50. The molecule has 0 radical (unpaired) electrons. The van der Waals surface area contributed by atoms with Crippen LogP contribution in [0.1, 0.15) is 52.9 Å². The van der Waals surface area contributed by atoms with Crippen molar-refractivity contribution >= 4 is 0 Å². The summed E-state index contributed by atoms with van der Waals surface area (Å²) in [5.74, 6) is 0. The van der Waals surface area contributed by atoms with Gasteiger partial charge in [-0.05, 0) is 33.6 Å². The molecule has 1 spiro atoms. The smallest absolute Gasteiger partial charge is 0.0641 e. The molecule has 1 aliphatic carbocycles. The lowest BCUT2D eigenvalue weighted by Crippen LogP contribution is -2.68. The Morgan fingerprint density at radius 1 is 1.28 bits per heavy atom. The van der Waals surface area contributed by atoms with Crippen molar-refractivity contribution in [1.29, 1.82) is 0 Å². The van der Waals surface area contributed by atoms with Crippen LogP contribution in [0.5, 0.6) is 0 Å². The highest BCUT2D eigenvalue weighted by molar-refractivity contribution is 5.02. The van der Waals surface area contributed by atoms with Crippen molar-refractivity contribution in [3.63, 3.8) is 0 Å². The number of methoxy groups -OCH3 is 1. The van der Waals surface area contributed by atoms with Gasteiger partial charge in [-0.2, -0.15) is 0 Å². The summed E-state index contributed by atoms with van der Waals surface area (Å²) in [4.78, 5) is 2.66. The van der Waals surface area contributed by atoms with Crippen molar-refractivity contribution in [2.45, 2.75) is 70.0 Å². The average Bonchev–Trinajstić information content (AvgIpc) is 2.34. The van der Waals surface area contributed by atoms with Crippen molar-refractivity contribution in [3.05, 3.63) is 0 Å². The number of rotatable bonds is 3. The summed E-state index contributed by atoms with van der Waals surface area (Å²) in [5.41, 5.74) is 0.524. The van der Waals surface area contributed by atoms with E-state index in [1.807, 2.05) is 7.11 Å². The molecule has 0 aromatic heterocycles. The van der Waals surface area contributed by atoms with Gasteiger partial charge in [0.15, 0.2) is 0 Å². The number of ether oxygens (including phenoxy) is 1. The van der Waals surface area contributed by atoms with E-state index in [2.05, 4.69) is 31.0 Å². The molecule has 0 aromatic carbocycles. The average molecular weight is 254 g/mol. The normalized spacial score (nSPS) is 29.7. The number of nitrogens with zero attached hydrogens (tertiary/aromatic N) is 1. The molecule has 0 bridgehead atoms. The van der Waals surface area contributed by atoms with Gasteiger partial charge in [0.2, 0.25) is 0 Å². The minimum absolute atomic E-state index is 0.140. The van der Waals surface area contributed by atoms with Crippen LogP contribution in [0.15, 0.2) is 0 Å². The third kappa shape index (κ3) is 2.89. The van der Waals surface area contributed by atoms with Crippen LogP contribution in [-0.4, -0.2) is 48.8 Å². The fourth-order valence-electron chi connectivity index (χ4n) is 3.82. The summed E-state index contributed by atoms with van der Waals surface area (Å²) in [6.07, 6.45) is 6.89. The number of piperazine rings is 1. The van der Waals surface area contributed by atoms with Gasteiger partial charge in [-0.15, -0.1) is 0 Å². The lowest BCUT2D eigenvalue weighted by Gasteiger charge is -2.54. The van der Waals surface area contributed by atoms with Crippen LogP contribution in [0.25, 0.3) is 0 Å². The van der Waals surface area contributed by atoms with E-state index in [0.717, 1.165) is 13.2 Å². The second-order valence-corrected chi connectivity index (χ2v) is 6.94. The molecular weight excluding hydrogens is 224 g/mol. The van der Waals surface area contributed by atoms with Crippen LogP contribution < -0.4 is 5.32 Å². The fourth-order valence-corrected chi connectivity index (χ4v) is 3.82. The Morgan fingerprint density at radius 3 is 2.56 bits per heavy atom. The van der Waals surface area contributed by atoms with E-state index in [0.29, 0.717) is 11.6 Å². The molecular formula is C15H30N2O. The molecule has 3 nitrogen and oxygen atoms in total. The van der Waals surface area contributed by atoms with Crippen LogP contribution in [0.2, 0.25) is 0 Å². The second kappa shape index (κ2) is 5.48. The molecule has 0 amide bonds. The zero-order valence-electron chi connectivity index (χ0n) is 12.6. The molecule has 1 atom stereocenters. The molecule has 18 heavy (non-hydrogen) atoms. The van der Waals surface area contributed by atoms with Gasteiger partial charge in [0.05, 0.1) is 6.61 Å². The Kier molecular flexibility index (Phi) is 4.35. The molecule has 1 heterocycles. The van der Waals surface area contributed by atoms with E-state index < -0.39 is 0 Å². The highest BCUT2D eigenvalue weighted by Gasteiger charge is 2.43. The van der Waals surface area contributed by atoms with Crippen LogP contribution >= 0.6 is 0 Å². The monoisotopic (exact) mass is 254 g/mol. The maximum Gasteiger partial charge on any atom is 0.0641 e. The van der Waals surface area contributed by atoms with Crippen LogP contribution in [0.3, 0.4) is 0 Å². The minimum atomic E-state index is 0.140. The highest BCUT2D eigenvalue weighted by Crippen LogP contribution is 2.34. The molecule has 2 aliphatic rings. The van der Waals surface area contributed by atoms with Gasteiger partial charge in [0, 0.05) is 37.3 Å². The topological polar surface area (TPSA) is 24.5 Å². The summed E-state index contributed by atoms with van der Waals surface area (Å²) in [7, 11) is 1.81. The third-order valence-corrected chi connectivity index (χ3v) is 4.86. The van der Waals surface area contributed by atoms with E-state index in [1.165, 1.54) is 38.6 Å². The van der Waals surface area contributed by atoms with Crippen molar-refractivity contribution in [2.75, 3.05) is 26.8 Å². The van der Waals surface area contributed by atoms with Gasteiger partial charge < -0.3 is 10.1 Å². The van der Waals surface area contributed by atoms with Crippen molar-refractivity contribution in [2.24, 2.45) is 0 Å². The molecule has 2 rings (SSSR count). The highest BCUT2D eigenvalue weighted by atomic mass is 16.5. The lowest BCUT2D eigenvalue weighted by atomic mass is 9.78. The van der Waals surface area contributed by atoms with Gasteiger partial charge in [-0.3, -0.25) is 4.90 Å². The zero-order chi connectivity index (χ0) is 13.2. The zero-order valence-corrected chi connectivity index (χ0v) is 12.6. The Hall–Kier alpha value is -0.120. The predicted octanol–water partition coefficient (Wildman–Crippen LogP) is 2.41. The Labute approximate surface area is 112 Å². The molecule has 1 unspecified atom stereocenters. The summed E-state index contributed by atoms with van der Waals surface area (Å²) >= 11 is 0. The summed E-state index contributed by atoms with van der Waals surface area (Å²) in [5, 5.41) is 3.85. The summed E-state index contributed by atoms with van der Waals surface area (Å²) < 4.78 is 5.42. The third-order valence-electron chi connectivity index (χ3n) is 4.86. The fraction of sp³-hybridized carbons (Fsp3) is 1.00. The molecule has 0 aromatic rings. The Bertz CT molecular complexity index is 272. The van der Waals surface area contributed by atoms with E-state index in [4.69, 9.17) is 4.74 Å². The maximum atomic E-state index is 5.42. The van der Waals surface area contributed by atoms with Crippen LogP contribution in [-0.2, 0) is 4.74 Å². The van der Waals surface area contributed by atoms with Crippen molar-refractivity contribution in [3.8, 4) is 0 Å². The number of nitrogens with one attached hydrogen (secondary N) is 1.